The fourth-order valence-electron chi connectivity index (χ4n) is 2.85. The molecule has 0 radical (unpaired) electrons. The molecule has 0 aliphatic heterocycles. The highest BCUT2D eigenvalue weighted by atomic mass is 19.1. The van der Waals surface area contributed by atoms with Crippen molar-refractivity contribution >= 4 is 6.03 Å². The summed E-state index contributed by atoms with van der Waals surface area (Å²) < 4.78 is 21.2. The second-order valence-corrected chi connectivity index (χ2v) is 8.44. The fourth-order valence-corrected chi connectivity index (χ4v) is 2.85. The van der Waals surface area contributed by atoms with Crippen LogP contribution >= 0.6 is 0 Å². The summed E-state index contributed by atoms with van der Waals surface area (Å²) in [5.41, 5.74) is 0.750. The van der Waals surface area contributed by atoms with Gasteiger partial charge >= 0.3 is 6.03 Å². The number of para-hydroxylation sites is 1. The van der Waals surface area contributed by atoms with Gasteiger partial charge in [0.05, 0.1) is 18.3 Å². The van der Waals surface area contributed by atoms with Gasteiger partial charge in [-0.15, -0.1) is 0 Å². The van der Waals surface area contributed by atoms with Crippen LogP contribution in [0.2, 0.25) is 0 Å². The van der Waals surface area contributed by atoms with Gasteiger partial charge in [0.15, 0.2) is 11.6 Å². The first kappa shape index (κ1) is 22.7. The van der Waals surface area contributed by atoms with Crippen molar-refractivity contribution in [2.45, 2.75) is 32.9 Å². The minimum absolute atomic E-state index is 0.00259. The Hall–Kier alpha value is -2.61. The summed E-state index contributed by atoms with van der Waals surface area (Å²) >= 11 is 0. The van der Waals surface area contributed by atoms with Crippen molar-refractivity contribution in [1.29, 1.82) is 0 Å². The molecule has 0 fully saturated rings. The number of urea groups is 1. The molecule has 2 atom stereocenters. The van der Waals surface area contributed by atoms with Gasteiger partial charge in [0.1, 0.15) is 6.61 Å². The second kappa shape index (κ2) is 9.73. The molecule has 2 rings (SSSR count). The number of halogens is 1. The SMILES string of the molecule is CN(C)C(CNC(=O)NC(COc1ccccc1F)C(C)(C)C)c1cnn(C)c1. The van der Waals surface area contributed by atoms with E-state index in [9.17, 15) is 9.18 Å². The van der Waals surface area contributed by atoms with Crippen molar-refractivity contribution in [3.05, 3.63) is 48.0 Å². The molecule has 1 aromatic heterocycles. The Labute approximate surface area is 172 Å². The van der Waals surface area contributed by atoms with E-state index in [0.29, 0.717) is 6.54 Å². The Balaban J connectivity index is 1.96. The van der Waals surface area contributed by atoms with Gasteiger partial charge in [-0.1, -0.05) is 32.9 Å². The molecule has 160 valence electrons. The van der Waals surface area contributed by atoms with E-state index in [4.69, 9.17) is 4.74 Å². The van der Waals surface area contributed by atoms with Gasteiger partial charge in [-0.25, -0.2) is 9.18 Å². The summed E-state index contributed by atoms with van der Waals surface area (Å²) in [7, 11) is 5.77. The monoisotopic (exact) mass is 405 g/mol. The number of carbonyl (C=O) groups excluding carboxylic acids is 1. The van der Waals surface area contributed by atoms with Crippen LogP contribution in [0.15, 0.2) is 36.7 Å². The first-order valence-electron chi connectivity index (χ1n) is 9.64. The van der Waals surface area contributed by atoms with Crippen molar-refractivity contribution < 1.29 is 13.9 Å². The molecule has 2 amide bonds. The van der Waals surface area contributed by atoms with Crippen LogP contribution in [0.5, 0.6) is 5.75 Å². The van der Waals surface area contributed by atoms with Gasteiger partial charge in [0, 0.05) is 25.4 Å². The highest BCUT2D eigenvalue weighted by Gasteiger charge is 2.28. The van der Waals surface area contributed by atoms with Gasteiger partial charge in [-0.05, 0) is 31.6 Å². The number of hydrogen-bond donors (Lipinski definition) is 2. The number of benzene rings is 1. The van der Waals surface area contributed by atoms with Crippen molar-refractivity contribution in [2.75, 3.05) is 27.2 Å². The lowest BCUT2D eigenvalue weighted by Crippen LogP contribution is -2.52. The summed E-state index contributed by atoms with van der Waals surface area (Å²) in [6.07, 6.45) is 3.73. The van der Waals surface area contributed by atoms with Crippen LogP contribution in [0.4, 0.5) is 9.18 Å². The molecule has 29 heavy (non-hydrogen) atoms. The Bertz CT molecular complexity index is 800. The zero-order valence-corrected chi connectivity index (χ0v) is 18.1. The number of ether oxygens (including phenoxy) is 1. The third-order valence-electron chi connectivity index (χ3n) is 4.78. The molecule has 2 aromatic rings. The van der Waals surface area contributed by atoms with Crippen LogP contribution in [0.1, 0.15) is 32.4 Å². The van der Waals surface area contributed by atoms with E-state index in [-0.39, 0.29) is 35.9 Å². The summed E-state index contributed by atoms with van der Waals surface area (Å²) in [6, 6.07) is 5.64. The van der Waals surface area contributed by atoms with Crippen molar-refractivity contribution in [3.8, 4) is 5.75 Å². The molecule has 8 heteroatoms. The van der Waals surface area contributed by atoms with Gasteiger partial charge in [0.25, 0.3) is 0 Å². The Morgan fingerprint density at radius 3 is 2.55 bits per heavy atom. The predicted octanol–water partition coefficient (Wildman–Crippen LogP) is 2.95. The number of aromatic nitrogens is 2. The van der Waals surface area contributed by atoms with Crippen molar-refractivity contribution in [2.24, 2.45) is 12.5 Å². The predicted molar refractivity (Wildman–Crippen MR) is 111 cm³/mol. The molecule has 0 saturated heterocycles. The van der Waals surface area contributed by atoms with Gasteiger partial charge in [-0.2, -0.15) is 5.10 Å². The minimum atomic E-state index is -0.421. The summed E-state index contributed by atoms with van der Waals surface area (Å²) in [5.74, 6) is -0.247. The first-order valence-corrected chi connectivity index (χ1v) is 9.64. The van der Waals surface area contributed by atoms with Crippen LogP contribution in [-0.2, 0) is 7.05 Å². The molecule has 0 saturated carbocycles. The van der Waals surface area contributed by atoms with E-state index in [0.717, 1.165) is 5.56 Å². The normalized spacial score (nSPS) is 13.8. The number of rotatable bonds is 8. The number of hydrogen-bond acceptors (Lipinski definition) is 4. The van der Waals surface area contributed by atoms with E-state index in [1.54, 1.807) is 29.1 Å². The number of nitrogens with one attached hydrogen (secondary N) is 2. The minimum Gasteiger partial charge on any atom is -0.488 e. The average molecular weight is 406 g/mol. The lowest BCUT2D eigenvalue weighted by atomic mass is 9.87. The van der Waals surface area contributed by atoms with Crippen LogP contribution in [0.3, 0.4) is 0 Å². The lowest BCUT2D eigenvalue weighted by molar-refractivity contribution is 0.166. The molecule has 0 spiro atoms. The molecule has 2 unspecified atom stereocenters. The van der Waals surface area contributed by atoms with Gasteiger partial charge in [-0.3, -0.25) is 4.68 Å². The lowest BCUT2D eigenvalue weighted by Gasteiger charge is -2.32. The molecule has 7 nitrogen and oxygen atoms in total. The van der Waals surface area contributed by atoms with Crippen LogP contribution in [-0.4, -0.2) is 54.0 Å². The highest BCUT2D eigenvalue weighted by molar-refractivity contribution is 5.74. The summed E-state index contributed by atoms with van der Waals surface area (Å²) in [5, 5.41) is 10.1. The summed E-state index contributed by atoms with van der Waals surface area (Å²) in [4.78, 5) is 14.6. The zero-order valence-electron chi connectivity index (χ0n) is 18.1. The molecular weight excluding hydrogens is 373 g/mol. The van der Waals surface area contributed by atoms with E-state index in [1.165, 1.54) is 6.07 Å². The molecule has 0 aliphatic carbocycles. The van der Waals surface area contributed by atoms with Crippen molar-refractivity contribution in [1.82, 2.24) is 25.3 Å². The maximum atomic E-state index is 13.8. The molecular formula is C21H32FN5O2. The Kier molecular flexibility index (Phi) is 7.61. The van der Waals surface area contributed by atoms with E-state index < -0.39 is 5.82 Å². The number of amides is 2. The number of carbonyl (C=O) groups is 1. The smallest absolute Gasteiger partial charge is 0.315 e. The Morgan fingerprint density at radius 1 is 1.31 bits per heavy atom. The fraction of sp³-hybridized carbons (Fsp3) is 0.524. The number of nitrogens with zero attached hydrogens (tertiary/aromatic N) is 3. The number of aryl methyl sites for hydroxylation is 1. The second-order valence-electron chi connectivity index (χ2n) is 8.44. The maximum absolute atomic E-state index is 13.8. The number of likely N-dealkylation sites (N-methyl/N-ethyl adjacent to an activating group) is 1. The zero-order chi connectivity index (χ0) is 21.6. The average Bonchev–Trinajstić information content (AvgIpc) is 3.04. The largest absolute Gasteiger partial charge is 0.488 e. The maximum Gasteiger partial charge on any atom is 0.315 e. The third kappa shape index (κ3) is 6.74. The van der Waals surface area contributed by atoms with Crippen LogP contribution < -0.4 is 15.4 Å². The highest BCUT2D eigenvalue weighted by Crippen LogP contribution is 2.22. The third-order valence-corrected chi connectivity index (χ3v) is 4.78. The van der Waals surface area contributed by atoms with Crippen LogP contribution in [0, 0.1) is 11.2 Å². The van der Waals surface area contributed by atoms with E-state index in [2.05, 4.69) is 15.7 Å². The van der Waals surface area contributed by atoms with Gasteiger partial charge < -0.3 is 20.3 Å². The molecule has 2 N–H and O–H groups in total. The Morgan fingerprint density at radius 2 is 2.00 bits per heavy atom. The molecule has 1 heterocycles. The molecule has 0 aliphatic rings. The quantitative estimate of drug-likeness (QED) is 0.708. The molecule has 1 aromatic carbocycles. The first-order chi connectivity index (χ1) is 13.6. The summed E-state index contributed by atoms with van der Waals surface area (Å²) in [6.45, 7) is 6.59. The standard InChI is InChI=1S/C21H32FN5O2/c1-21(2,3)19(14-29-18-10-8-7-9-16(18)22)25-20(28)23-12-17(26(4)5)15-11-24-27(6)13-15/h7-11,13,17,19H,12,14H2,1-6H3,(H2,23,25,28). The van der Waals surface area contributed by atoms with Crippen LogP contribution in [0.25, 0.3) is 0 Å². The van der Waals surface area contributed by atoms with Gasteiger partial charge in [0.2, 0.25) is 0 Å². The topological polar surface area (TPSA) is 71.4 Å². The van der Waals surface area contributed by atoms with Crippen molar-refractivity contribution in [3.63, 3.8) is 0 Å². The van der Waals surface area contributed by atoms with E-state index >= 15 is 0 Å². The molecule has 0 bridgehead atoms. The van der Waals surface area contributed by atoms with E-state index in [1.807, 2.05) is 53.0 Å².